The number of nitrogens with zero attached hydrogens (tertiary/aromatic N) is 3. The van der Waals surface area contributed by atoms with E-state index >= 15 is 0 Å². The number of rotatable bonds is 2. The lowest BCUT2D eigenvalue weighted by Gasteiger charge is -2.07. The van der Waals surface area contributed by atoms with E-state index in [9.17, 15) is 9.18 Å². The molecule has 4 aromatic rings. The molecule has 6 nitrogen and oxygen atoms in total. The number of hydrogen-bond acceptors (Lipinski definition) is 5. The quantitative estimate of drug-likeness (QED) is 0.569. The predicted molar refractivity (Wildman–Crippen MR) is 92.1 cm³/mol. The molecule has 2 aromatic carbocycles. The summed E-state index contributed by atoms with van der Waals surface area (Å²) in [6.07, 6.45) is 0. The minimum Gasteiger partial charge on any atom is -0.465 e. The average molecular weight is 336 g/mol. The zero-order valence-corrected chi connectivity index (χ0v) is 13.2. The number of methoxy groups -OCH3 is 1. The molecule has 124 valence electrons. The highest BCUT2D eigenvalue weighted by molar-refractivity contribution is 6.08. The molecular weight excluding hydrogens is 323 g/mol. The van der Waals surface area contributed by atoms with Crippen LogP contribution < -0.4 is 5.73 Å². The van der Waals surface area contributed by atoms with Crippen LogP contribution in [0.25, 0.3) is 27.9 Å². The third-order valence-corrected chi connectivity index (χ3v) is 3.95. The number of ether oxygens (including phenoxy) is 1. The minimum absolute atomic E-state index is 0.0998. The summed E-state index contributed by atoms with van der Waals surface area (Å²) >= 11 is 0. The van der Waals surface area contributed by atoms with E-state index in [2.05, 4.69) is 9.97 Å². The molecule has 2 N–H and O–H groups in total. The fraction of sp³-hybridized carbons (Fsp3) is 0.0556. The molecule has 0 amide bonds. The molecule has 0 aliphatic rings. The van der Waals surface area contributed by atoms with Gasteiger partial charge in [-0.1, -0.05) is 18.2 Å². The summed E-state index contributed by atoms with van der Waals surface area (Å²) in [4.78, 5) is 21.3. The average Bonchev–Trinajstić information content (AvgIpc) is 2.90. The first-order valence-electron chi connectivity index (χ1n) is 7.51. The Morgan fingerprint density at radius 2 is 1.84 bits per heavy atom. The molecule has 2 aromatic heterocycles. The SMILES string of the molecule is COC(=O)c1c(N)n(-c2cccc(F)c2)c2nc3ccccc3nc12. The summed E-state index contributed by atoms with van der Waals surface area (Å²) in [5.74, 6) is -0.947. The summed E-state index contributed by atoms with van der Waals surface area (Å²) in [5.41, 5.74) is 8.69. The monoisotopic (exact) mass is 336 g/mol. The lowest BCUT2D eigenvalue weighted by molar-refractivity contribution is 0.0604. The molecule has 0 bridgehead atoms. The fourth-order valence-corrected chi connectivity index (χ4v) is 2.84. The van der Waals surface area contributed by atoms with Gasteiger partial charge in [0.1, 0.15) is 22.7 Å². The first-order valence-corrected chi connectivity index (χ1v) is 7.51. The Balaban J connectivity index is 2.16. The fourth-order valence-electron chi connectivity index (χ4n) is 2.84. The zero-order valence-electron chi connectivity index (χ0n) is 13.2. The van der Waals surface area contributed by atoms with Gasteiger partial charge in [0, 0.05) is 0 Å². The smallest absolute Gasteiger partial charge is 0.343 e. The van der Waals surface area contributed by atoms with Crippen molar-refractivity contribution < 1.29 is 13.9 Å². The van der Waals surface area contributed by atoms with Crippen LogP contribution in [0.2, 0.25) is 0 Å². The first kappa shape index (κ1) is 15.1. The second-order valence-corrected chi connectivity index (χ2v) is 5.45. The molecule has 0 radical (unpaired) electrons. The number of nitrogens with two attached hydrogens (primary N) is 1. The molecule has 4 rings (SSSR count). The number of nitrogen functional groups attached to an aromatic ring is 1. The van der Waals surface area contributed by atoms with Gasteiger partial charge >= 0.3 is 5.97 Å². The third-order valence-electron chi connectivity index (χ3n) is 3.95. The Morgan fingerprint density at radius 1 is 1.12 bits per heavy atom. The first-order chi connectivity index (χ1) is 12.1. The normalized spacial score (nSPS) is 11.1. The number of fused-ring (bicyclic) bond motifs is 2. The van der Waals surface area contributed by atoms with E-state index < -0.39 is 11.8 Å². The van der Waals surface area contributed by atoms with Crippen LogP contribution in [0.15, 0.2) is 48.5 Å². The van der Waals surface area contributed by atoms with Gasteiger partial charge in [0.05, 0.1) is 23.8 Å². The van der Waals surface area contributed by atoms with Crippen LogP contribution in [-0.2, 0) is 4.74 Å². The minimum atomic E-state index is -0.623. The van der Waals surface area contributed by atoms with Gasteiger partial charge in [-0.25, -0.2) is 19.2 Å². The van der Waals surface area contributed by atoms with Crippen LogP contribution >= 0.6 is 0 Å². The number of aromatic nitrogens is 3. The predicted octanol–water partition coefficient (Wildman–Crippen LogP) is 3.08. The number of halogens is 1. The second-order valence-electron chi connectivity index (χ2n) is 5.45. The van der Waals surface area contributed by atoms with Crippen molar-refractivity contribution in [3.05, 3.63) is 59.9 Å². The molecule has 0 aliphatic heterocycles. The van der Waals surface area contributed by atoms with Crippen molar-refractivity contribution in [2.75, 3.05) is 12.8 Å². The molecule has 0 saturated heterocycles. The van der Waals surface area contributed by atoms with E-state index in [0.717, 1.165) is 0 Å². The number of anilines is 1. The van der Waals surface area contributed by atoms with Gasteiger partial charge in [0.25, 0.3) is 0 Å². The zero-order chi connectivity index (χ0) is 17.6. The van der Waals surface area contributed by atoms with E-state index in [1.807, 2.05) is 12.1 Å². The van der Waals surface area contributed by atoms with E-state index in [1.165, 1.54) is 23.8 Å². The Labute approximate surface area is 141 Å². The third kappa shape index (κ3) is 2.28. The highest BCUT2D eigenvalue weighted by Gasteiger charge is 2.25. The number of hydrogen-bond donors (Lipinski definition) is 1. The summed E-state index contributed by atoms with van der Waals surface area (Å²) in [6, 6.07) is 13.1. The molecule has 25 heavy (non-hydrogen) atoms. The topological polar surface area (TPSA) is 83.0 Å². The molecule has 7 heteroatoms. The van der Waals surface area contributed by atoms with Crippen LogP contribution in [0.4, 0.5) is 10.2 Å². The molecule has 0 spiro atoms. The van der Waals surface area contributed by atoms with Gasteiger partial charge < -0.3 is 10.5 Å². The molecule has 0 unspecified atom stereocenters. The van der Waals surface area contributed by atoms with Gasteiger partial charge in [-0.2, -0.15) is 0 Å². The Kier molecular flexibility index (Phi) is 3.35. The maximum absolute atomic E-state index is 13.7. The molecule has 0 atom stereocenters. The van der Waals surface area contributed by atoms with Crippen LogP contribution in [0, 0.1) is 5.82 Å². The molecule has 0 fully saturated rings. The summed E-state index contributed by atoms with van der Waals surface area (Å²) in [7, 11) is 1.27. The maximum atomic E-state index is 13.7. The number of benzene rings is 2. The van der Waals surface area contributed by atoms with Crippen LogP contribution in [-0.4, -0.2) is 27.6 Å². The van der Waals surface area contributed by atoms with Crippen molar-refractivity contribution in [2.24, 2.45) is 0 Å². The number of esters is 1. The van der Waals surface area contributed by atoms with Crippen molar-refractivity contribution in [1.29, 1.82) is 0 Å². The Hall–Kier alpha value is -3.48. The molecule has 0 aliphatic carbocycles. The summed E-state index contributed by atoms with van der Waals surface area (Å²) in [5, 5.41) is 0. The van der Waals surface area contributed by atoms with E-state index in [-0.39, 0.29) is 11.4 Å². The van der Waals surface area contributed by atoms with Crippen LogP contribution in [0.5, 0.6) is 0 Å². The van der Waals surface area contributed by atoms with Gasteiger partial charge in [-0.05, 0) is 30.3 Å². The number of para-hydroxylation sites is 2. The van der Waals surface area contributed by atoms with Crippen LogP contribution in [0.3, 0.4) is 0 Å². The van der Waals surface area contributed by atoms with Gasteiger partial charge in [-0.15, -0.1) is 0 Å². The number of carbonyl (C=O) groups excluding carboxylic acids is 1. The van der Waals surface area contributed by atoms with Crippen molar-refractivity contribution >= 4 is 34.0 Å². The van der Waals surface area contributed by atoms with Crippen molar-refractivity contribution in [3.8, 4) is 5.69 Å². The summed E-state index contributed by atoms with van der Waals surface area (Å²) in [6.45, 7) is 0. The van der Waals surface area contributed by atoms with Crippen molar-refractivity contribution in [1.82, 2.24) is 14.5 Å². The Bertz CT molecular complexity index is 1140. The van der Waals surface area contributed by atoms with Crippen LogP contribution in [0.1, 0.15) is 10.4 Å². The molecular formula is C18H13FN4O2. The van der Waals surface area contributed by atoms with E-state index in [4.69, 9.17) is 10.5 Å². The highest BCUT2D eigenvalue weighted by atomic mass is 19.1. The lowest BCUT2D eigenvalue weighted by atomic mass is 10.2. The summed E-state index contributed by atoms with van der Waals surface area (Å²) < 4.78 is 20.0. The van der Waals surface area contributed by atoms with E-state index in [0.29, 0.717) is 27.9 Å². The standard InChI is InChI=1S/C18H13FN4O2/c1-25-18(24)14-15-17(22-13-8-3-2-7-12(13)21-15)23(16(14)20)11-6-4-5-10(19)9-11/h2-9H,20H2,1H3. The number of carbonyl (C=O) groups is 1. The maximum Gasteiger partial charge on any atom is 0.343 e. The highest BCUT2D eigenvalue weighted by Crippen LogP contribution is 2.31. The van der Waals surface area contributed by atoms with Gasteiger partial charge in [-0.3, -0.25) is 4.57 Å². The van der Waals surface area contributed by atoms with Gasteiger partial charge in [0.15, 0.2) is 5.65 Å². The molecule has 0 saturated carbocycles. The second kappa shape index (κ2) is 5.55. The lowest BCUT2D eigenvalue weighted by Crippen LogP contribution is -2.07. The van der Waals surface area contributed by atoms with E-state index in [1.54, 1.807) is 24.3 Å². The van der Waals surface area contributed by atoms with Crippen molar-refractivity contribution in [3.63, 3.8) is 0 Å². The van der Waals surface area contributed by atoms with Crippen molar-refractivity contribution in [2.45, 2.75) is 0 Å². The molecule has 2 heterocycles. The largest absolute Gasteiger partial charge is 0.465 e. The van der Waals surface area contributed by atoms with Gasteiger partial charge in [0.2, 0.25) is 0 Å². The Morgan fingerprint density at radius 3 is 2.52 bits per heavy atom.